The minimum atomic E-state index is -0.745. The second kappa shape index (κ2) is 5.11. The zero-order valence-corrected chi connectivity index (χ0v) is 5.96. The zero-order valence-electron chi connectivity index (χ0n) is 3.42. The van der Waals surface area contributed by atoms with E-state index in [1.807, 2.05) is 0 Å². The van der Waals surface area contributed by atoms with E-state index >= 15 is 0 Å². The molecule has 0 aliphatic carbocycles. The van der Waals surface area contributed by atoms with E-state index < -0.39 is 5.97 Å². The number of rotatable bonds is 1. The summed E-state index contributed by atoms with van der Waals surface area (Å²) in [5.41, 5.74) is 0. The Morgan fingerprint density at radius 2 is 2.00 bits per heavy atom. The van der Waals surface area contributed by atoms with Gasteiger partial charge in [0.25, 0.3) is 0 Å². The summed E-state index contributed by atoms with van der Waals surface area (Å²) < 4.78 is 0. The summed E-state index contributed by atoms with van der Waals surface area (Å²) in [6.07, 6.45) is 0.222. The molecule has 0 aliphatic heterocycles. The van der Waals surface area contributed by atoms with Gasteiger partial charge in [-0.1, -0.05) is 6.92 Å². The average molecular weight is 264 g/mol. The molecule has 38 valence electrons. The second-order valence-electron chi connectivity index (χ2n) is 0.747. The van der Waals surface area contributed by atoms with Crippen molar-refractivity contribution in [3.05, 3.63) is 0 Å². The predicted molar refractivity (Wildman–Crippen MR) is 17.9 cm³/mol. The second-order valence-corrected chi connectivity index (χ2v) is 0.747. The molecule has 0 spiro atoms. The Kier molecular flexibility index (Phi) is 8.04. The monoisotopic (exact) mass is 266 g/mol. The van der Waals surface area contributed by atoms with Crippen molar-refractivity contribution in [1.29, 1.82) is 0 Å². The van der Waals surface area contributed by atoms with E-state index in [2.05, 4.69) is 0 Å². The molecule has 0 amide bonds. The summed E-state index contributed by atoms with van der Waals surface area (Å²) in [4.78, 5) is 9.37. The summed E-state index contributed by atoms with van der Waals surface area (Å²) in [5.74, 6) is -0.745. The Hall–Kier alpha value is 0.106. The van der Waals surface area contributed by atoms with Gasteiger partial charge in [-0.05, 0) is 0 Å². The molecule has 0 unspecified atom stereocenters. The van der Waals surface area contributed by atoms with Crippen LogP contribution in [-0.2, 0) is 24.6 Å². The summed E-state index contributed by atoms with van der Waals surface area (Å²) in [6, 6.07) is 0. The quantitative estimate of drug-likeness (QED) is 0.748. The number of carbonyl (C=O) groups is 1. The van der Waals surface area contributed by atoms with Crippen LogP contribution in [0.15, 0.2) is 0 Å². The van der Waals surface area contributed by atoms with Crippen LogP contribution < -0.4 is 0 Å². The smallest absolute Gasteiger partial charge is 0.303 e. The average Bonchev–Trinajstić information content (AvgIpc) is 1.38. The van der Waals surface area contributed by atoms with Gasteiger partial charge in [0.2, 0.25) is 0 Å². The van der Waals surface area contributed by atoms with Gasteiger partial charge < -0.3 is 5.11 Å². The van der Waals surface area contributed by atoms with Crippen LogP contribution in [0, 0.1) is 0 Å². The largest absolute Gasteiger partial charge is 0.481 e. The molecule has 0 fully saturated rings. The predicted octanol–water partition coefficient (Wildman–Crippen LogP) is 0.478. The summed E-state index contributed by atoms with van der Waals surface area (Å²) in [7, 11) is 0. The standard InChI is InChI=1S/C3H6O2.Os/c1-2-3(4)5;/h2H2,1H3,(H,4,5);. The number of hydrogen-bond donors (Lipinski definition) is 1. The van der Waals surface area contributed by atoms with Gasteiger partial charge >= 0.3 is 5.97 Å². The molecule has 0 saturated heterocycles. The first-order chi connectivity index (χ1) is 2.27. The zero-order chi connectivity index (χ0) is 4.28. The van der Waals surface area contributed by atoms with E-state index in [1.165, 1.54) is 0 Å². The molecule has 0 aromatic carbocycles. The topological polar surface area (TPSA) is 37.3 Å². The van der Waals surface area contributed by atoms with Crippen molar-refractivity contribution in [3.8, 4) is 0 Å². The third-order valence-corrected chi connectivity index (χ3v) is 0.302. The van der Waals surface area contributed by atoms with Gasteiger partial charge in [0.05, 0.1) is 0 Å². The summed E-state index contributed by atoms with van der Waals surface area (Å²) >= 11 is 0. The van der Waals surface area contributed by atoms with Crippen LogP contribution in [0.25, 0.3) is 0 Å². The van der Waals surface area contributed by atoms with E-state index in [0.29, 0.717) is 0 Å². The van der Waals surface area contributed by atoms with Crippen LogP contribution in [-0.4, -0.2) is 11.1 Å². The van der Waals surface area contributed by atoms with Crippen LogP contribution in [0.4, 0.5) is 0 Å². The van der Waals surface area contributed by atoms with Crippen molar-refractivity contribution in [3.63, 3.8) is 0 Å². The Balaban J connectivity index is 0. The molecule has 0 aliphatic rings. The molecule has 0 aromatic rings. The number of aliphatic carboxylic acids is 1. The van der Waals surface area contributed by atoms with Gasteiger partial charge in [0.15, 0.2) is 0 Å². The first kappa shape index (κ1) is 9.44. The molecule has 0 aromatic heterocycles. The Labute approximate surface area is 49.6 Å². The number of hydrogen-bond acceptors (Lipinski definition) is 1. The van der Waals surface area contributed by atoms with E-state index in [4.69, 9.17) is 5.11 Å². The van der Waals surface area contributed by atoms with Crippen molar-refractivity contribution in [2.75, 3.05) is 0 Å². The summed E-state index contributed by atoms with van der Waals surface area (Å²) in [5, 5.41) is 7.72. The van der Waals surface area contributed by atoms with E-state index in [9.17, 15) is 4.79 Å². The molecule has 3 heteroatoms. The van der Waals surface area contributed by atoms with Crippen LogP contribution >= 0.6 is 0 Å². The van der Waals surface area contributed by atoms with Crippen molar-refractivity contribution >= 4 is 5.97 Å². The van der Waals surface area contributed by atoms with Crippen molar-refractivity contribution in [1.82, 2.24) is 0 Å². The number of carboxylic acid groups (broad SMARTS) is 1. The summed E-state index contributed by atoms with van der Waals surface area (Å²) in [6.45, 7) is 1.60. The van der Waals surface area contributed by atoms with Gasteiger partial charge in [-0.15, -0.1) is 0 Å². The molecule has 0 heterocycles. The van der Waals surface area contributed by atoms with Gasteiger partial charge in [0.1, 0.15) is 0 Å². The molecule has 6 heavy (non-hydrogen) atoms. The molecular weight excluding hydrogens is 258 g/mol. The molecule has 0 atom stereocenters. The fourth-order valence-electron chi connectivity index (χ4n) is 0. The Bertz CT molecular complexity index is 44.1. The van der Waals surface area contributed by atoms with Gasteiger partial charge in [-0.2, -0.15) is 0 Å². The molecule has 0 saturated carbocycles. The maximum Gasteiger partial charge on any atom is 0.303 e. The van der Waals surface area contributed by atoms with Crippen LogP contribution in [0.2, 0.25) is 0 Å². The maximum absolute atomic E-state index is 9.37. The fraction of sp³-hybridized carbons (Fsp3) is 0.667. The van der Waals surface area contributed by atoms with Gasteiger partial charge in [-0.3, -0.25) is 4.79 Å². The Morgan fingerprint density at radius 3 is 2.00 bits per heavy atom. The normalized spacial score (nSPS) is 6.17. The first-order valence-corrected chi connectivity index (χ1v) is 1.49. The van der Waals surface area contributed by atoms with E-state index in [1.54, 1.807) is 6.92 Å². The fourth-order valence-corrected chi connectivity index (χ4v) is 0. The molecule has 0 bridgehead atoms. The first-order valence-electron chi connectivity index (χ1n) is 1.49. The van der Waals surface area contributed by atoms with Gasteiger partial charge in [-0.25, -0.2) is 0 Å². The SMILES string of the molecule is CCC(=O)O.[Os]. The van der Waals surface area contributed by atoms with Crippen LogP contribution in [0.3, 0.4) is 0 Å². The molecule has 1 N–H and O–H groups in total. The van der Waals surface area contributed by atoms with E-state index in [0.717, 1.165) is 0 Å². The maximum atomic E-state index is 9.37. The van der Waals surface area contributed by atoms with Crippen LogP contribution in [0.5, 0.6) is 0 Å². The van der Waals surface area contributed by atoms with Crippen molar-refractivity contribution in [2.24, 2.45) is 0 Å². The van der Waals surface area contributed by atoms with Crippen molar-refractivity contribution < 1.29 is 29.7 Å². The molecule has 0 radical (unpaired) electrons. The minimum absolute atomic E-state index is 0. The third kappa shape index (κ3) is 8.93. The van der Waals surface area contributed by atoms with Crippen LogP contribution in [0.1, 0.15) is 13.3 Å². The number of carboxylic acids is 1. The minimum Gasteiger partial charge on any atom is -0.481 e. The Morgan fingerprint density at radius 1 is 1.83 bits per heavy atom. The van der Waals surface area contributed by atoms with Gasteiger partial charge in [0, 0.05) is 26.2 Å². The molecule has 0 rings (SSSR count). The third-order valence-electron chi connectivity index (χ3n) is 0.302. The molecule has 2 nitrogen and oxygen atoms in total. The van der Waals surface area contributed by atoms with Crippen molar-refractivity contribution in [2.45, 2.75) is 13.3 Å². The molecular formula is C3H6O2Os. The van der Waals surface area contributed by atoms with E-state index in [-0.39, 0.29) is 26.2 Å².